The van der Waals surface area contributed by atoms with E-state index >= 15 is 0 Å². The molecular weight excluding hydrogens is 296 g/mol. The maximum Gasteiger partial charge on any atom is 0.269 e. The van der Waals surface area contributed by atoms with E-state index in [1.54, 1.807) is 0 Å². The molecule has 116 valence electrons. The number of nitro groups is 1. The first kappa shape index (κ1) is 15.9. The van der Waals surface area contributed by atoms with E-state index in [9.17, 15) is 23.6 Å². The van der Waals surface area contributed by atoms with Gasteiger partial charge in [-0.05, 0) is 37.3 Å². The Morgan fingerprint density at radius 3 is 2.67 bits per heavy atom. The van der Waals surface area contributed by atoms with Crippen LogP contribution >= 0.6 is 0 Å². The van der Waals surface area contributed by atoms with E-state index in [2.05, 4.69) is 4.72 Å². The average Bonchev–Trinajstić information content (AvgIpc) is 2.81. The zero-order valence-corrected chi connectivity index (χ0v) is 12.5. The van der Waals surface area contributed by atoms with E-state index in [0.29, 0.717) is 12.0 Å². The number of nitrogens with zero attached hydrogens (tertiary/aromatic N) is 1. The highest BCUT2D eigenvalue weighted by molar-refractivity contribution is 7.89. The first-order valence-corrected chi connectivity index (χ1v) is 8.22. The third-order valence-corrected chi connectivity index (χ3v) is 5.40. The lowest BCUT2D eigenvalue weighted by Gasteiger charge is -2.16. The zero-order valence-electron chi connectivity index (χ0n) is 11.7. The van der Waals surface area contributed by atoms with Crippen LogP contribution in [0.2, 0.25) is 0 Å². The molecule has 2 rings (SSSR count). The quantitative estimate of drug-likeness (QED) is 0.629. The fraction of sp³-hybridized carbons (Fsp3) is 0.538. The van der Waals surface area contributed by atoms with Crippen LogP contribution in [0.3, 0.4) is 0 Å². The van der Waals surface area contributed by atoms with Gasteiger partial charge in [0.05, 0.1) is 15.9 Å². The molecule has 2 atom stereocenters. The number of hydrogen-bond acceptors (Lipinski definition) is 5. The minimum atomic E-state index is -3.73. The van der Waals surface area contributed by atoms with Gasteiger partial charge in [0.25, 0.3) is 5.69 Å². The van der Waals surface area contributed by atoms with Crippen LogP contribution in [0.15, 0.2) is 23.1 Å². The lowest BCUT2D eigenvalue weighted by Crippen LogP contribution is -2.32. The molecule has 0 spiro atoms. The Balaban J connectivity index is 2.14. The van der Waals surface area contributed by atoms with Crippen LogP contribution in [0.5, 0.6) is 0 Å². The smallest absolute Gasteiger partial charge is 0.269 e. The van der Waals surface area contributed by atoms with Gasteiger partial charge in [-0.25, -0.2) is 13.1 Å². The molecule has 2 unspecified atom stereocenters. The summed E-state index contributed by atoms with van der Waals surface area (Å²) in [4.78, 5) is 10.1. The molecule has 1 fully saturated rings. The van der Waals surface area contributed by atoms with Crippen molar-refractivity contribution in [3.8, 4) is 0 Å². The van der Waals surface area contributed by atoms with Gasteiger partial charge in [-0.3, -0.25) is 10.1 Å². The van der Waals surface area contributed by atoms with Gasteiger partial charge in [0.2, 0.25) is 10.0 Å². The predicted molar refractivity (Wildman–Crippen MR) is 76.4 cm³/mol. The number of aliphatic hydroxyl groups is 1. The van der Waals surface area contributed by atoms with Gasteiger partial charge < -0.3 is 5.11 Å². The number of non-ortho nitro benzene ring substituents is 1. The van der Waals surface area contributed by atoms with E-state index < -0.39 is 21.1 Å². The first-order valence-electron chi connectivity index (χ1n) is 6.74. The normalized spacial score (nSPS) is 22.4. The topological polar surface area (TPSA) is 110 Å². The molecule has 0 aliphatic heterocycles. The number of nitrogens with one attached hydrogen (secondary N) is 1. The van der Waals surface area contributed by atoms with Crippen molar-refractivity contribution in [1.29, 1.82) is 0 Å². The maximum absolute atomic E-state index is 12.2. The van der Waals surface area contributed by atoms with Crippen molar-refractivity contribution in [2.24, 2.45) is 5.92 Å². The summed E-state index contributed by atoms with van der Waals surface area (Å²) >= 11 is 0. The summed E-state index contributed by atoms with van der Waals surface area (Å²) in [6.45, 7) is 1.70. The number of benzene rings is 1. The number of nitro benzene ring substituents is 1. The van der Waals surface area contributed by atoms with Crippen LogP contribution in [-0.4, -0.2) is 31.1 Å². The van der Waals surface area contributed by atoms with Crippen molar-refractivity contribution in [1.82, 2.24) is 4.72 Å². The Morgan fingerprint density at radius 1 is 1.43 bits per heavy atom. The summed E-state index contributed by atoms with van der Waals surface area (Å²) in [5.41, 5.74) is 0.182. The number of sulfonamides is 1. The van der Waals surface area contributed by atoms with Gasteiger partial charge in [0, 0.05) is 18.7 Å². The van der Waals surface area contributed by atoms with Crippen molar-refractivity contribution < 1.29 is 18.4 Å². The second-order valence-electron chi connectivity index (χ2n) is 5.32. The van der Waals surface area contributed by atoms with Crippen LogP contribution in [0.4, 0.5) is 5.69 Å². The third kappa shape index (κ3) is 3.58. The van der Waals surface area contributed by atoms with E-state index in [0.717, 1.165) is 12.8 Å². The van der Waals surface area contributed by atoms with Crippen molar-refractivity contribution in [2.45, 2.75) is 37.2 Å². The van der Waals surface area contributed by atoms with Gasteiger partial charge in [0.15, 0.2) is 0 Å². The van der Waals surface area contributed by atoms with Gasteiger partial charge in [-0.15, -0.1) is 0 Å². The monoisotopic (exact) mass is 314 g/mol. The van der Waals surface area contributed by atoms with Gasteiger partial charge in [0.1, 0.15) is 0 Å². The third-order valence-electron chi connectivity index (χ3n) is 3.81. The minimum absolute atomic E-state index is 0.0283. The number of rotatable bonds is 5. The molecule has 21 heavy (non-hydrogen) atoms. The Kier molecular flexibility index (Phi) is 4.60. The molecule has 1 aromatic rings. The number of hydrogen-bond donors (Lipinski definition) is 2. The van der Waals surface area contributed by atoms with Crippen molar-refractivity contribution in [2.75, 3.05) is 6.54 Å². The SMILES string of the molecule is Cc1cc([N+](=O)[O-])ccc1S(=O)(=O)NCC1CCCC1O. The Labute approximate surface area is 123 Å². The molecule has 1 aromatic carbocycles. The summed E-state index contributed by atoms with van der Waals surface area (Å²) in [5, 5.41) is 20.4. The molecule has 1 aliphatic rings. The largest absolute Gasteiger partial charge is 0.393 e. The molecule has 2 N–H and O–H groups in total. The molecule has 0 amide bonds. The highest BCUT2D eigenvalue weighted by atomic mass is 32.2. The molecular formula is C13H18N2O5S. The average molecular weight is 314 g/mol. The lowest BCUT2D eigenvalue weighted by atomic mass is 10.1. The second kappa shape index (κ2) is 6.08. The molecule has 0 bridgehead atoms. The number of aryl methyl sites for hydroxylation is 1. The predicted octanol–water partition coefficient (Wildman–Crippen LogP) is 1.34. The fourth-order valence-corrected chi connectivity index (χ4v) is 3.92. The first-order chi connectivity index (χ1) is 9.81. The summed E-state index contributed by atoms with van der Waals surface area (Å²) in [6.07, 6.45) is 1.92. The fourth-order valence-electron chi connectivity index (χ4n) is 2.60. The van der Waals surface area contributed by atoms with Crippen molar-refractivity contribution in [3.05, 3.63) is 33.9 Å². The molecule has 0 saturated heterocycles. The van der Waals surface area contributed by atoms with Crippen LogP contribution < -0.4 is 4.72 Å². The van der Waals surface area contributed by atoms with Crippen molar-refractivity contribution in [3.63, 3.8) is 0 Å². The Bertz CT molecular complexity index is 644. The molecule has 8 heteroatoms. The highest BCUT2D eigenvalue weighted by Crippen LogP contribution is 2.26. The molecule has 0 heterocycles. The molecule has 7 nitrogen and oxygen atoms in total. The summed E-state index contributed by atoms with van der Waals surface area (Å²) in [6, 6.07) is 3.64. The highest BCUT2D eigenvalue weighted by Gasteiger charge is 2.27. The van der Waals surface area contributed by atoms with Crippen LogP contribution in [0.1, 0.15) is 24.8 Å². The lowest BCUT2D eigenvalue weighted by molar-refractivity contribution is -0.385. The summed E-state index contributed by atoms with van der Waals surface area (Å²) in [5.74, 6) is -0.0712. The Morgan fingerprint density at radius 2 is 2.14 bits per heavy atom. The van der Waals surface area contributed by atoms with Crippen LogP contribution in [-0.2, 0) is 10.0 Å². The summed E-state index contributed by atoms with van der Waals surface area (Å²) in [7, 11) is -3.73. The van der Waals surface area contributed by atoms with Gasteiger partial charge >= 0.3 is 0 Å². The van der Waals surface area contributed by atoms with Crippen LogP contribution in [0, 0.1) is 23.0 Å². The van der Waals surface area contributed by atoms with Gasteiger partial charge in [-0.1, -0.05) is 6.42 Å². The Hall–Kier alpha value is -1.51. The zero-order chi connectivity index (χ0) is 15.6. The molecule has 1 aliphatic carbocycles. The molecule has 0 radical (unpaired) electrons. The standard InChI is InChI=1S/C13H18N2O5S/c1-9-7-11(15(17)18)5-6-13(9)21(19,20)14-8-10-3-2-4-12(10)16/h5-7,10,12,14,16H,2-4,8H2,1H3. The van der Waals surface area contributed by atoms with Crippen LogP contribution in [0.25, 0.3) is 0 Å². The van der Waals surface area contributed by atoms with E-state index in [1.165, 1.54) is 25.1 Å². The maximum atomic E-state index is 12.2. The minimum Gasteiger partial charge on any atom is -0.393 e. The second-order valence-corrected chi connectivity index (χ2v) is 7.05. The number of aliphatic hydroxyl groups excluding tert-OH is 1. The molecule has 0 aromatic heterocycles. The van der Waals surface area contributed by atoms with Gasteiger partial charge in [-0.2, -0.15) is 0 Å². The van der Waals surface area contributed by atoms with E-state index in [4.69, 9.17) is 0 Å². The van der Waals surface area contributed by atoms with Crippen molar-refractivity contribution >= 4 is 15.7 Å². The molecule has 1 saturated carbocycles. The van der Waals surface area contributed by atoms with E-state index in [1.807, 2.05) is 0 Å². The van der Waals surface area contributed by atoms with E-state index in [-0.39, 0.29) is 23.0 Å². The summed E-state index contributed by atoms with van der Waals surface area (Å²) < 4.78 is 26.9.